The van der Waals surface area contributed by atoms with Crippen LogP contribution >= 0.6 is 0 Å². The maximum atomic E-state index is 11.8. The van der Waals surface area contributed by atoms with Gasteiger partial charge in [0, 0.05) is 18.0 Å². The molecule has 0 unspecified atom stereocenters. The number of hydrogen-bond donors (Lipinski definition) is 2. The number of hydrogen-bond acceptors (Lipinski definition) is 3. The van der Waals surface area contributed by atoms with Crippen molar-refractivity contribution in [2.75, 3.05) is 13.2 Å². The van der Waals surface area contributed by atoms with Crippen LogP contribution in [0.3, 0.4) is 0 Å². The van der Waals surface area contributed by atoms with Crippen LogP contribution in [-0.2, 0) is 4.79 Å². The van der Waals surface area contributed by atoms with Crippen LogP contribution in [0.15, 0.2) is 30.3 Å². The van der Waals surface area contributed by atoms with E-state index < -0.39 is 0 Å². The summed E-state index contributed by atoms with van der Waals surface area (Å²) in [7, 11) is 0. The van der Waals surface area contributed by atoms with Gasteiger partial charge in [0.2, 0.25) is 5.91 Å². The Morgan fingerprint density at radius 1 is 1.33 bits per heavy atom. The van der Waals surface area contributed by atoms with Gasteiger partial charge in [-0.1, -0.05) is 26.0 Å². The Balaban J connectivity index is 2.56. The first kappa shape index (κ1) is 16.9. The predicted octanol–water partition coefficient (Wildman–Crippen LogP) is 2.49. The molecule has 21 heavy (non-hydrogen) atoms. The lowest BCUT2D eigenvalue weighted by molar-refractivity contribution is -0.117. The number of nitriles is 1. The van der Waals surface area contributed by atoms with Crippen molar-refractivity contribution in [1.82, 2.24) is 5.32 Å². The average molecular weight is 286 g/mol. The van der Waals surface area contributed by atoms with E-state index in [1.54, 1.807) is 30.3 Å². The van der Waals surface area contributed by atoms with Gasteiger partial charge in [0.25, 0.3) is 0 Å². The second-order valence-corrected chi connectivity index (χ2v) is 5.15. The average Bonchev–Trinajstić information content (AvgIpc) is 2.55. The molecule has 1 aromatic carbocycles. The molecule has 0 spiro atoms. The number of aliphatic hydroxyl groups excluding tert-OH is 1. The lowest BCUT2D eigenvalue weighted by Gasteiger charge is -2.29. The molecule has 0 aliphatic carbocycles. The van der Waals surface area contributed by atoms with Crippen molar-refractivity contribution in [2.24, 2.45) is 5.41 Å². The zero-order chi connectivity index (χ0) is 15.7. The fraction of sp³-hybridized carbons (Fsp3) is 0.412. The second-order valence-electron chi connectivity index (χ2n) is 5.15. The molecule has 0 atom stereocenters. The van der Waals surface area contributed by atoms with E-state index in [1.165, 1.54) is 6.08 Å². The molecular formula is C17H22N2O2. The number of aliphatic hydroxyl groups is 1. The van der Waals surface area contributed by atoms with Crippen LogP contribution in [0.4, 0.5) is 0 Å². The van der Waals surface area contributed by atoms with E-state index >= 15 is 0 Å². The first-order valence-corrected chi connectivity index (χ1v) is 7.16. The molecule has 0 radical (unpaired) electrons. The Hall–Kier alpha value is -2.12. The molecule has 0 heterocycles. The molecule has 0 saturated carbocycles. The van der Waals surface area contributed by atoms with Crippen molar-refractivity contribution in [3.8, 4) is 6.07 Å². The van der Waals surface area contributed by atoms with Gasteiger partial charge in [0.15, 0.2) is 0 Å². The lowest BCUT2D eigenvalue weighted by atomic mass is 9.83. The summed E-state index contributed by atoms with van der Waals surface area (Å²) in [5.41, 5.74) is 1.22. The fourth-order valence-corrected chi connectivity index (χ4v) is 1.95. The van der Waals surface area contributed by atoms with Crippen molar-refractivity contribution in [3.05, 3.63) is 41.5 Å². The Bertz CT molecular complexity index is 514. The topological polar surface area (TPSA) is 73.1 Å². The smallest absolute Gasteiger partial charge is 0.244 e. The molecule has 1 rings (SSSR count). The molecule has 0 aliphatic heterocycles. The number of amides is 1. The van der Waals surface area contributed by atoms with Gasteiger partial charge in [-0.3, -0.25) is 4.79 Å². The number of nitrogens with zero attached hydrogens (tertiary/aromatic N) is 1. The van der Waals surface area contributed by atoms with Crippen LogP contribution in [0.1, 0.15) is 37.8 Å². The van der Waals surface area contributed by atoms with E-state index in [0.29, 0.717) is 12.1 Å². The molecular weight excluding hydrogens is 264 g/mol. The maximum absolute atomic E-state index is 11.8. The zero-order valence-electron chi connectivity index (χ0n) is 12.6. The molecule has 0 bridgehead atoms. The molecule has 4 heteroatoms. The largest absolute Gasteiger partial charge is 0.396 e. The van der Waals surface area contributed by atoms with Crippen LogP contribution in [0.25, 0.3) is 6.08 Å². The standard InChI is InChI=1S/C17H22N2O2/c1-3-17(4-2,13-20)12-19-16(21)10-9-14-5-7-15(11-18)8-6-14/h5-10,20H,3-4,12-13H2,1-2H3,(H,19,21)/b10-9+. The molecule has 0 aromatic heterocycles. The summed E-state index contributed by atoms with van der Waals surface area (Å²) in [6.07, 6.45) is 4.81. The SMILES string of the molecule is CCC(CC)(CO)CNC(=O)/C=C/c1ccc(C#N)cc1. The molecule has 1 aromatic rings. The number of rotatable bonds is 7. The third-order valence-electron chi connectivity index (χ3n) is 3.94. The van der Waals surface area contributed by atoms with Gasteiger partial charge in [-0.05, 0) is 36.6 Å². The second kappa shape index (κ2) is 8.23. The highest BCUT2D eigenvalue weighted by molar-refractivity contribution is 5.91. The summed E-state index contributed by atoms with van der Waals surface area (Å²) in [6, 6.07) is 9.05. The van der Waals surface area contributed by atoms with Crippen molar-refractivity contribution < 1.29 is 9.90 Å². The van der Waals surface area contributed by atoms with E-state index in [1.807, 2.05) is 19.9 Å². The maximum Gasteiger partial charge on any atom is 0.244 e. The Morgan fingerprint density at radius 3 is 2.43 bits per heavy atom. The van der Waals surface area contributed by atoms with Crippen LogP contribution < -0.4 is 5.32 Å². The van der Waals surface area contributed by atoms with E-state index in [9.17, 15) is 9.90 Å². The highest BCUT2D eigenvalue weighted by Gasteiger charge is 2.25. The highest BCUT2D eigenvalue weighted by Crippen LogP contribution is 2.24. The number of carbonyl (C=O) groups is 1. The van der Waals surface area contributed by atoms with E-state index in [0.717, 1.165) is 18.4 Å². The third kappa shape index (κ3) is 5.05. The van der Waals surface area contributed by atoms with Crippen LogP contribution in [0.5, 0.6) is 0 Å². The van der Waals surface area contributed by atoms with E-state index in [2.05, 4.69) is 5.32 Å². The summed E-state index contributed by atoms with van der Waals surface area (Å²) in [5.74, 6) is -0.181. The summed E-state index contributed by atoms with van der Waals surface area (Å²) >= 11 is 0. The van der Waals surface area contributed by atoms with Crippen LogP contribution in [0, 0.1) is 16.7 Å². The minimum Gasteiger partial charge on any atom is -0.396 e. The molecule has 1 amide bonds. The highest BCUT2D eigenvalue weighted by atomic mass is 16.3. The lowest BCUT2D eigenvalue weighted by Crippen LogP contribution is -2.38. The van der Waals surface area contributed by atoms with Gasteiger partial charge in [-0.15, -0.1) is 0 Å². The van der Waals surface area contributed by atoms with Gasteiger partial charge in [0.1, 0.15) is 0 Å². The minimum absolute atomic E-state index is 0.0691. The van der Waals surface area contributed by atoms with Crippen molar-refractivity contribution in [2.45, 2.75) is 26.7 Å². The van der Waals surface area contributed by atoms with E-state index in [-0.39, 0.29) is 17.9 Å². The number of nitrogens with one attached hydrogen (secondary N) is 1. The first-order valence-electron chi connectivity index (χ1n) is 7.16. The van der Waals surface area contributed by atoms with Gasteiger partial charge in [-0.2, -0.15) is 5.26 Å². The minimum atomic E-state index is -0.238. The Morgan fingerprint density at radius 2 is 1.95 bits per heavy atom. The molecule has 2 N–H and O–H groups in total. The summed E-state index contributed by atoms with van der Waals surface area (Å²) in [6.45, 7) is 4.56. The summed E-state index contributed by atoms with van der Waals surface area (Å²) in [5, 5.41) is 21.0. The summed E-state index contributed by atoms with van der Waals surface area (Å²) < 4.78 is 0. The third-order valence-corrected chi connectivity index (χ3v) is 3.94. The van der Waals surface area contributed by atoms with Crippen LogP contribution in [0.2, 0.25) is 0 Å². The van der Waals surface area contributed by atoms with Crippen molar-refractivity contribution in [3.63, 3.8) is 0 Å². The van der Waals surface area contributed by atoms with Gasteiger partial charge in [-0.25, -0.2) is 0 Å². The van der Waals surface area contributed by atoms with Gasteiger partial charge >= 0.3 is 0 Å². The van der Waals surface area contributed by atoms with Gasteiger partial charge < -0.3 is 10.4 Å². The van der Waals surface area contributed by atoms with Gasteiger partial charge in [0.05, 0.1) is 18.2 Å². The summed E-state index contributed by atoms with van der Waals surface area (Å²) in [4.78, 5) is 11.8. The van der Waals surface area contributed by atoms with E-state index in [4.69, 9.17) is 5.26 Å². The molecule has 0 aliphatic rings. The zero-order valence-corrected chi connectivity index (χ0v) is 12.6. The number of carbonyl (C=O) groups excluding carboxylic acids is 1. The molecule has 0 fully saturated rings. The predicted molar refractivity (Wildman–Crippen MR) is 83.3 cm³/mol. The quantitative estimate of drug-likeness (QED) is 0.756. The van der Waals surface area contributed by atoms with Crippen molar-refractivity contribution in [1.29, 1.82) is 5.26 Å². The first-order chi connectivity index (χ1) is 10.1. The Kier molecular flexibility index (Phi) is 6.64. The fourth-order valence-electron chi connectivity index (χ4n) is 1.95. The monoisotopic (exact) mass is 286 g/mol. The normalized spacial score (nSPS) is 11.3. The van der Waals surface area contributed by atoms with Crippen molar-refractivity contribution >= 4 is 12.0 Å². The molecule has 0 saturated heterocycles. The molecule has 4 nitrogen and oxygen atoms in total. The molecule has 112 valence electrons. The number of benzene rings is 1. The Labute approximate surface area is 126 Å². The van der Waals surface area contributed by atoms with Crippen LogP contribution in [-0.4, -0.2) is 24.2 Å².